The number of rotatable bonds is 4. The highest BCUT2D eigenvalue weighted by atomic mass is 16.3. The fourth-order valence-corrected chi connectivity index (χ4v) is 1.19. The number of oxazole rings is 1. The van der Waals surface area contributed by atoms with E-state index in [1.807, 2.05) is 6.92 Å². The van der Waals surface area contributed by atoms with Gasteiger partial charge in [-0.25, -0.2) is 4.98 Å². The molecule has 1 aromatic rings. The van der Waals surface area contributed by atoms with E-state index in [1.54, 1.807) is 6.26 Å². The van der Waals surface area contributed by atoms with Gasteiger partial charge in [0.2, 0.25) is 0 Å². The summed E-state index contributed by atoms with van der Waals surface area (Å²) >= 11 is 0. The van der Waals surface area contributed by atoms with E-state index in [0.29, 0.717) is 0 Å². The number of aryl methyl sites for hydroxylation is 1. The highest BCUT2D eigenvalue weighted by molar-refractivity contribution is 4.93. The molecule has 2 rings (SSSR count). The lowest BCUT2D eigenvalue weighted by Crippen LogP contribution is -2.19. The second kappa shape index (κ2) is 3.27. The molecule has 66 valence electrons. The first-order valence-electron chi connectivity index (χ1n) is 4.49. The first kappa shape index (κ1) is 7.80. The first-order valence-corrected chi connectivity index (χ1v) is 4.49. The average Bonchev–Trinajstić information content (AvgIpc) is 2.76. The van der Waals surface area contributed by atoms with E-state index in [9.17, 15) is 0 Å². The minimum atomic E-state index is 0.779. The minimum absolute atomic E-state index is 0.779. The molecule has 0 bridgehead atoms. The number of nitrogens with zero attached hydrogens (tertiary/aromatic N) is 1. The highest BCUT2D eigenvalue weighted by Gasteiger charge is 2.19. The fraction of sp³-hybridized carbons (Fsp3) is 0.667. The van der Waals surface area contributed by atoms with Gasteiger partial charge in [-0.05, 0) is 19.8 Å². The highest BCUT2D eigenvalue weighted by Crippen LogP contribution is 2.18. The Hall–Kier alpha value is -0.830. The Morgan fingerprint density at radius 3 is 3.08 bits per heavy atom. The maximum atomic E-state index is 5.22. The second-order valence-corrected chi connectivity index (χ2v) is 3.36. The van der Waals surface area contributed by atoms with Crippen LogP contribution in [0.15, 0.2) is 10.7 Å². The quantitative estimate of drug-likeness (QED) is 0.732. The van der Waals surface area contributed by atoms with Gasteiger partial charge in [0.15, 0.2) is 5.89 Å². The van der Waals surface area contributed by atoms with Crippen LogP contribution in [0, 0.1) is 6.92 Å². The molecule has 1 aromatic heterocycles. The van der Waals surface area contributed by atoms with Gasteiger partial charge in [-0.2, -0.15) is 0 Å². The zero-order valence-corrected chi connectivity index (χ0v) is 7.34. The molecule has 0 atom stereocenters. The molecule has 12 heavy (non-hydrogen) atoms. The van der Waals surface area contributed by atoms with E-state index in [4.69, 9.17) is 4.42 Å². The third kappa shape index (κ3) is 2.08. The predicted octanol–water partition coefficient (Wildman–Crippen LogP) is 1.28. The lowest BCUT2D eigenvalue weighted by atomic mass is 10.4. The van der Waals surface area contributed by atoms with Crippen molar-refractivity contribution in [1.82, 2.24) is 10.3 Å². The van der Waals surface area contributed by atoms with Gasteiger partial charge in [-0.1, -0.05) is 0 Å². The fourth-order valence-electron chi connectivity index (χ4n) is 1.19. The van der Waals surface area contributed by atoms with Gasteiger partial charge in [-0.15, -0.1) is 0 Å². The zero-order chi connectivity index (χ0) is 8.39. The second-order valence-electron chi connectivity index (χ2n) is 3.36. The summed E-state index contributed by atoms with van der Waals surface area (Å²) in [5.74, 6) is 0.848. The van der Waals surface area contributed by atoms with Crippen molar-refractivity contribution in [3.63, 3.8) is 0 Å². The van der Waals surface area contributed by atoms with Gasteiger partial charge in [-0.3, -0.25) is 0 Å². The number of aromatic nitrogens is 1. The van der Waals surface area contributed by atoms with Crippen molar-refractivity contribution in [2.45, 2.75) is 32.2 Å². The predicted molar refractivity (Wildman–Crippen MR) is 46.0 cm³/mol. The molecule has 1 aliphatic carbocycles. The molecule has 3 heteroatoms. The van der Waals surface area contributed by atoms with E-state index in [-0.39, 0.29) is 0 Å². The molecule has 0 saturated heterocycles. The normalized spacial score (nSPS) is 16.8. The monoisotopic (exact) mass is 166 g/mol. The molecule has 0 radical (unpaired) electrons. The van der Waals surface area contributed by atoms with E-state index in [1.165, 1.54) is 12.8 Å². The molecule has 0 amide bonds. The van der Waals surface area contributed by atoms with Crippen LogP contribution >= 0.6 is 0 Å². The molecular formula is C9H14N2O. The molecule has 0 spiro atoms. The standard InChI is InChI=1S/C9H14N2O/c1-7-6-12-9(11-7)4-5-10-8-2-3-8/h6,8,10H,2-5H2,1H3. The van der Waals surface area contributed by atoms with E-state index in [2.05, 4.69) is 10.3 Å². The minimum Gasteiger partial charge on any atom is -0.449 e. The van der Waals surface area contributed by atoms with Crippen LogP contribution in [0.3, 0.4) is 0 Å². The third-order valence-electron chi connectivity index (χ3n) is 2.02. The Morgan fingerprint density at radius 1 is 1.67 bits per heavy atom. The van der Waals surface area contributed by atoms with Gasteiger partial charge in [0, 0.05) is 19.0 Å². The summed E-state index contributed by atoms with van der Waals surface area (Å²) in [6, 6.07) is 0.779. The Labute approximate surface area is 72.2 Å². The van der Waals surface area contributed by atoms with Crippen LogP contribution in [0.25, 0.3) is 0 Å². The van der Waals surface area contributed by atoms with Crippen molar-refractivity contribution in [2.75, 3.05) is 6.54 Å². The van der Waals surface area contributed by atoms with Crippen molar-refractivity contribution in [1.29, 1.82) is 0 Å². The summed E-state index contributed by atoms with van der Waals surface area (Å²) in [7, 11) is 0. The van der Waals surface area contributed by atoms with Crippen molar-refractivity contribution in [3.05, 3.63) is 17.8 Å². The largest absolute Gasteiger partial charge is 0.449 e. The summed E-state index contributed by atoms with van der Waals surface area (Å²) in [6.07, 6.45) is 5.28. The van der Waals surface area contributed by atoms with E-state index < -0.39 is 0 Å². The van der Waals surface area contributed by atoms with Crippen LogP contribution in [0.2, 0.25) is 0 Å². The smallest absolute Gasteiger partial charge is 0.195 e. The molecule has 0 aromatic carbocycles. The Balaban J connectivity index is 1.71. The van der Waals surface area contributed by atoms with Gasteiger partial charge >= 0.3 is 0 Å². The topological polar surface area (TPSA) is 38.1 Å². The summed E-state index contributed by atoms with van der Waals surface area (Å²) < 4.78 is 5.22. The van der Waals surface area contributed by atoms with Crippen molar-refractivity contribution >= 4 is 0 Å². The van der Waals surface area contributed by atoms with Gasteiger partial charge in [0.1, 0.15) is 6.26 Å². The molecular weight excluding hydrogens is 152 g/mol. The Kier molecular flexibility index (Phi) is 2.13. The van der Waals surface area contributed by atoms with Gasteiger partial charge < -0.3 is 9.73 Å². The van der Waals surface area contributed by atoms with Crippen LogP contribution in [0.5, 0.6) is 0 Å². The molecule has 1 N–H and O–H groups in total. The summed E-state index contributed by atoms with van der Waals surface area (Å²) in [4.78, 5) is 4.22. The van der Waals surface area contributed by atoms with E-state index >= 15 is 0 Å². The Bertz CT molecular complexity index is 253. The van der Waals surface area contributed by atoms with Gasteiger partial charge in [0.05, 0.1) is 5.69 Å². The number of hydrogen-bond donors (Lipinski definition) is 1. The SMILES string of the molecule is Cc1coc(CCNC2CC2)n1. The van der Waals surface area contributed by atoms with Crippen molar-refractivity contribution < 1.29 is 4.42 Å². The van der Waals surface area contributed by atoms with Crippen LogP contribution in [-0.2, 0) is 6.42 Å². The molecule has 1 heterocycles. The van der Waals surface area contributed by atoms with Crippen LogP contribution in [0.1, 0.15) is 24.4 Å². The summed E-state index contributed by atoms with van der Waals surface area (Å²) in [6.45, 7) is 2.94. The maximum Gasteiger partial charge on any atom is 0.195 e. The molecule has 1 saturated carbocycles. The maximum absolute atomic E-state index is 5.22. The molecule has 3 nitrogen and oxygen atoms in total. The first-order chi connectivity index (χ1) is 5.84. The summed E-state index contributed by atoms with van der Waals surface area (Å²) in [5.41, 5.74) is 0.969. The lowest BCUT2D eigenvalue weighted by molar-refractivity contribution is 0.484. The van der Waals surface area contributed by atoms with Crippen molar-refractivity contribution in [2.24, 2.45) is 0 Å². The van der Waals surface area contributed by atoms with Crippen LogP contribution in [-0.4, -0.2) is 17.6 Å². The molecule has 1 aliphatic rings. The number of nitrogens with one attached hydrogen (secondary N) is 1. The lowest BCUT2D eigenvalue weighted by Gasteiger charge is -1.97. The zero-order valence-electron chi connectivity index (χ0n) is 7.34. The third-order valence-corrected chi connectivity index (χ3v) is 2.02. The summed E-state index contributed by atoms with van der Waals surface area (Å²) in [5, 5.41) is 3.41. The number of hydrogen-bond acceptors (Lipinski definition) is 3. The van der Waals surface area contributed by atoms with Crippen LogP contribution < -0.4 is 5.32 Å². The molecule has 0 unspecified atom stereocenters. The van der Waals surface area contributed by atoms with Crippen LogP contribution in [0.4, 0.5) is 0 Å². The molecule has 0 aliphatic heterocycles. The molecule has 1 fully saturated rings. The van der Waals surface area contributed by atoms with E-state index in [0.717, 1.165) is 30.6 Å². The average molecular weight is 166 g/mol. The van der Waals surface area contributed by atoms with Crippen molar-refractivity contribution in [3.8, 4) is 0 Å². The van der Waals surface area contributed by atoms with Gasteiger partial charge in [0.25, 0.3) is 0 Å². The Morgan fingerprint density at radius 2 is 2.50 bits per heavy atom.